The summed E-state index contributed by atoms with van der Waals surface area (Å²) in [5.41, 5.74) is -1.49. The number of hydrogen-bond donors (Lipinski definition) is 1. The van der Waals surface area contributed by atoms with Crippen molar-refractivity contribution in [2.75, 3.05) is 0 Å². The van der Waals surface area contributed by atoms with Crippen LogP contribution in [0.1, 0.15) is 5.56 Å². The van der Waals surface area contributed by atoms with E-state index in [0.717, 1.165) is 0 Å². The van der Waals surface area contributed by atoms with E-state index in [2.05, 4.69) is 0 Å². The molecule has 0 aliphatic carbocycles. The van der Waals surface area contributed by atoms with Gasteiger partial charge in [0.2, 0.25) is 5.75 Å². The Hall–Kier alpha value is -2.08. The molecular formula is C10H6ClNO5. The lowest BCUT2D eigenvalue weighted by atomic mass is 10.1. The van der Waals surface area contributed by atoms with Crippen molar-refractivity contribution in [2.45, 2.75) is 6.92 Å². The zero-order valence-corrected chi connectivity index (χ0v) is 9.32. The summed E-state index contributed by atoms with van der Waals surface area (Å²) in [6, 6.07) is 2.75. The van der Waals surface area contributed by atoms with Gasteiger partial charge in [-0.1, -0.05) is 11.6 Å². The number of aryl methyl sites for hydroxylation is 1. The van der Waals surface area contributed by atoms with Crippen LogP contribution in [0.25, 0.3) is 11.0 Å². The maximum atomic E-state index is 11.3. The molecule has 1 aromatic carbocycles. The quantitative estimate of drug-likeness (QED) is 0.480. The second kappa shape index (κ2) is 3.74. The van der Waals surface area contributed by atoms with Crippen LogP contribution in [0.5, 0.6) is 5.75 Å². The first-order chi connectivity index (χ1) is 7.91. The number of nitro groups is 1. The molecule has 6 nitrogen and oxygen atoms in total. The van der Waals surface area contributed by atoms with Crippen LogP contribution in [0, 0.1) is 17.0 Å². The smallest absolute Gasteiger partial charge is 0.419 e. The largest absolute Gasteiger partial charge is 0.501 e. The molecule has 1 aromatic heterocycles. The van der Waals surface area contributed by atoms with E-state index in [1.807, 2.05) is 0 Å². The number of rotatable bonds is 1. The van der Waals surface area contributed by atoms with E-state index in [-0.39, 0.29) is 11.0 Å². The van der Waals surface area contributed by atoms with E-state index in [4.69, 9.17) is 16.0 Å². The molecule has 1 N–H and O–H groups in total. The fourth-order valence-corrected chi connectivity index (χ4v) is 1.62. The van der Waals surface area contributed by atoms with Gasteiger partial charge >= 0.3 is 11.3 Å². The van der Waals surface area contributed by atoms with Gasteiger partial charge in [0.1, 0.15) is 5.58 Å². The van der Waals surface area contributed by atoms with Crippen molar-refractivity contribution in [2.24, 2.45) is 0 Å². The Labute approximate surface area is 99.2 Å². The van der Waals surface area contributed by atoms with Crippen molar-refractivity contribution in [1.29, 1.82) is 0 Å². The van der Waals surface area contributed by atoms with Gasteiger partial charge in [0.15, 0.2) is 0 Å². The molecular weight excluding hydrogens is 250 g/mol. The highest BCUT2D eigenvalue weighted by Gasteiger charge is 2.24. The topological polar surface area (TPSA) is 93.6 Å². The zero-order chi connectivity index (χ0) is 12.7. The van der Waals surface area contributed by atoms with Gasteiger partial charge in [0.25, 0.3) is 0 Å². The Morgan fingerprint density at radius 1 is 1.47 bits per heavy atom. The standard InChI is InChI=1S/C10H6ClNO5/c1-4-2-7-5(3-6(4)11)9(13)8(12(15)16)10(14)17-7/h2-3,13H,1H3. The van der Waals surface area contributed by atoms with Crippen molar-refractivity contribution in [3.05, 3.63) is 43.3 Å². The monoisotopic (exact) mass is 255 g/mol. The number of benzene rings is 1. The van der Waals surface area contributed by atoms with Crippen LogP contribution in [0.15, 0.2) is 21.3 Å². The fraction of sp³-hybridized carbons (Fsp3) is 0.100. The third-order valence-electron chi connectivity index (χ3n) is 2.32. The van der Waals surface area contributed by atoms with Crippen LogP contribution >= 0.6 is 11.6 Å². The van der Waals surface area contributed by atoms with Gasteiger partial charge in [-0.3, -0.25) is 10.1 Å². The molecule has 88 valence electrons. The number of fused-ring (bicyclic) bond motifs is 1. The van der Waals surface area contributed by atoms with Crippen LogP contribution < -0.4 is 5.63 Å². The van der Waals surface area contributed by atoms with Gasteiger partial charge in [0, 0.05) is 5.02 Å². The molecule has 0 atom stereocenters. The van der Waals surface area contributed by atoms with Crippen LogP contribution in [0.4, 0.5) is 5.69 Å². The summed E-state index contributed by atoms with van der Waals surface area (Å²) in [6.45, 7) is 1.68. The van der Waals surface area contributed by atoms with E-state index in [1.54, 1.807) is 6.92 Å². The van der Waals surface area contributed by atoms with Gasteiger partial charge in [0.05, 0.1) is 10.3 Å². The van der Waals surface area contributed by atoms with Crippen LogP contribution in [0.3, 0.4) is 0 Å². The van der Waals surface area contributed by atoms with Crippen molar-refractivity contribution in [1.82, 2.24) is 0 Å². The number of aromatic hydroxyl groups is 1. The molecule has 0 unspecified atom stereocenters. The normalized spacial score (nSPS) is 10.7. The van der Waals surface area contributed by atoms with E-state index >= 15 is 0 Å². The minimum Gasteiger partial charge on any atom is -0.501 e. The van der Waals surface area contributed by atoms with Gasteiger partial charge in [-0.05, 0) is 24.6 Å². The SMILES string of the molecule is Cc1cc2oc(=O)c([N+](=O)[O-])c(O)c2cc1Cl. The predicted molar refractivity (Wildman–Crippen MR) is 60.6 cm³/mol. The molecule has 0 saturated carbocycles. The van der Waals surface area contributed by atoms with E-state index in [9.17, 15) is 20.0 Å². The first kappa shape index (κ1) is 11.4. The molecule has 0 aliphatic rings. The highest BCUT2D eigenvalue weighted by Crippen LogP contribution is 2.33. The van der Waals surface area contributed by atoms with E-state index < -0.39 is 22.0 Å². The summed E-state index contributed by atoms with van der Waals surface area (Å²) in [5, 5.41) is 20.6. The second-order valence-corrected chi connectivity index (χ2v) is 3.85. The number of nitrogens with zero attached hydrogens (tertiary/aromatic N) is 1. The minimum atomic E-state index is -1.19. The van der Waals surface area contributed by atoms with Crippen molar-refractivity contribution < 1.29 is 14.4 Å². The average molecular weight is 256 g/mol. The van der Waals surface area contributed by atoms with Gasteiger partial charge < -0.3 is 9.52 Å². The lowest BCUT2D eigenvalue weighted by Crippen LogP contribution is -2.07. The zero-order valence-electron chi connectivity index (χ0n) is 8.56. The number of halogens is 1. The number of hydrogen-bond acceptors (Lipinski definition) is 5. The molecule has 0 fully saturated rings. The third-order valence-corrected chi connectivity index (χ3v) is 2.73. The Morgan fingerprint density at radius 2 is 2.12 bits per heavy atom. The highest BCUT2D eigenvalue weighted by atomic mass is 35.5. The fourth-order valence-electron chi connectivity index (χ4n) is 1.46. The molecule has 0 bridgehead atoms. The van der Waals surface area contributed by atoms with Gasteiger partial charge in [-0.2, -0.15) is 0 Å². The molecule has 0 spiro atoms. The summed E-state index contributed by atoms with van der Waals surface area (Å²) in [5.74, 6) is -0.733. The first-order valence-electron chi connectivity index (χ1n) is 4.52. The Morgan fingerprint density at radius 3 is 2.71 bits per heavy atom. The first-order valence-corrected chi connectivity index (χ1v) is 4.90. The maximum Gasteiger partial charge on any atom is 0.419 e. The lowest BCUT2D eigenvalue weighted by Gasteiger charge is -2.03. The molecule has 0 aliphatic heterocycles. The third kappa shape index (κ3) is 1.72. The molecule has 0 saturated heterocycles. The van der Waals surface area contributed by atoms with Crippen molar-refractivity contribution in [3.63, 3.8) is 0 Å². The second-order valence-electron chi connectivity index (χ2n) is 3.44. The summed E-state index contributed by atoms with van der Waals surface area (Å²) in [4.78, 5) is 20.9. The lowest BCUT2D eigenvalue weighted by molar-refractivity contribution is -0.388. The Balaban J connectivity index is 2.97. The van der Waals surface area contributed by atoms with Gasteiger partial charge in [-0.15, -0.1) is 0 Å². The highest BCUT2D eigenvalue weighted by molar-refractivity contribution is 6.32. The Kier molecular flexibility index (Phi) is 2.51. The van der Waals surface area contributed by atoms with Crippen LogP contribution in [0.2, 0.25) is 5.02 Å². The predicted octanol–water partition coefficient (Wildman–Crippen LogP) is 2.37. The Bertz CT molecular complexity index is 691. The molecule has 0 radical (unpaired) electrons. The van der Waals surface area contributed by atoms with Crippen LogP contribution in [-0.2, 0) is 0 Å². The van der Waals surface area contributed by atoms with Crippen molar-refractivity contribution in [3.8, 4) is 5.75 Å². The maximum absolute atomic E-state index is 11.3. The summed E-state index contributed by atoms with van der Waals surface area (Å²) >= 11 is 5.83. The molecule has 17 heavy (non-hydrogen) atoms. The van der Waals surface area contributed by atoms with Crippen molar-refractivity contribution >= 4 is 28.3 Å². The van der Waals surface area contributed by atoms with Gasteiger partial charge in [-0.25, -0.2) is 4.79 Å². The average Bonchev–Trinajstić information content (AvgIpc) is 2.21. The van der Waals surface area contributed by atoms with E-state index in [1.165, 1.54) is 12.1 Å². The molecule has 0 amide bonds. The minimum absolute atomic E-state index is 0.0342. The molecule has 2 rings (SSSR count). The molecule has 2 aromatic rings. The summed E-state index contributed by atoms with van der Waals surface area (Å²) in [6.07, 6.45) is 0. The summed E-state index contributed by atoms with van der Waals surface area (Å²) in [7, 11) is 0. The van der Waals surface area contributed by atoms with Crippen LogP contribution in [-0.4, -0.2) is 10.0 Å². The summed E-state index contributed by atoms with van der Waals surface area (Å²) < 4.78 is 4.75. The van der Waals surface area contributed by atoms with E-state index in [0.29, 0.717) is 10.6 Å². The molecule has 1 heterocycles. The molecule has 7 heteroatoms.